The Morgan fingerprint density at radius 3 is 1.38 bits per heavy atom. The van der Waals surface area contributed by atoms with Gasteiger partial charge in [-0.15, -0.1) is 0 Å². The van der Waals surface area contributed by atoms with Gasteiger partial charge in [0.2, 0.25) is 0 Å². The molecule has 11 nitrogen and oxygen atoms in total. The number of hydrogen-bond acceptors (Lipinski definition) is 11. The first-order valence-corrected chi connectivity index (χ1v) is 11.2. The molecule has 0 saturated carbocycles. The SMILES string of the molecule is C.CCCOC(C)OCc1cc(OC)c(B(O)O)c(OC)c1.COc1cc(CO)cc(OC)c1B(O)O. The lowest BCUT2D eigenvalue weighted by molar-refractivity contribution is -0.137. The Labute approximate surface area is 219 Å². The first-order valence-electron chi connectivity index (χ1n) is 11.2. The smallest absolute Gasteiger partial charge is 0.496 e. The van der Waals surface area contributed by atoms with Crippen molar-refractivity contribution in [3.63, 3.8) is 0 Å². The summed E-state index contributed by atoms with van der Waals surface area (Å²) in [7, 11) is 2.37. The molecular weight excluding hydrogens is 486 g/mol. The molecule has 0 spiro atoms. The minimum absolute atomic E-state index is 0. The van der Waals surface area contributed by atoms with Crippen molar-refractivity contribution >= 4 is 25.2 Å². The summed E-state index contributed by atoms with van der Waals surface area (Å²) in [5.41, 5.74) is 1.71. The van der Waals surface area contributed by atoms with Gasteiger partial charge in [0.15, 0.2) is 6.29 Å². The highest BCUT2D eigenvalue weighted by Gasteiger charge is 2.24. The molecule has 0 amide bonds. The van der Waals surface area contributed by atoms with Crippen LogP contribution in [0.2, 0.25) is 0 Å². The van der Waals surface area contributed by atoms with Crippen molar-refractivity contribution in [2.75, 3.05) is 35.0 Å². The number of methoxy groups -OCH3 is 4. The number of hydrogen-bond donors (Lipinski definition) is 5. The molecule has 0 aliphatic carbocycles. The molecule has 0 aliphatic rings. The van der Waals surface area contributed by atoms with Crippen molar-refractivity contribution in [3.8, 4) is 23.0 Å². The molecule has 13 heteroatoms. The van der Waals surface area contributed by atoms with Gasteiger partial charge >= 0.3 is 14.2 Å². The summed E-state index contributed by atoms with van der Waals surface area (Å²) in [5, 5.41) is 46.1. The van der Waals surface area contributed by atoms with E-state index in [4.69, 9.17) is 43.6 Å². The summed E-state index contributed by atoms with van der Waals surface area (Å²) in [6.45, 7) is 4.63. The fourth-order valence-corrected chi connectivity index (χ4v) is 3.22. The highest BCUT2D eigenvalue weighted by molar-refractivity contribution is 6.61. The fraction of sp³-hybridized carbons (Fsp3) is 0.500. The van der Waals surface area contributed by atoms with Crippen LogP contribution in [0.1, 0.15) is 38.8 Å². The molecule has 37 heavy (non-hydrogen) atoms. The lowest BCUT2D eigenvalue weighted by Crippen LogP contribution is -2.32. The Morgan fingerprint density at radius 2 is 1.08 bits per heavy atom. The molecule has 0 fully saturated rings. The van der Waals surface area contributed by atoms with Gasteiger partial charge in [-0.05, 0) is 48.7 Å². The van der Waals surface area contributed by atoms with Gasteiger partial charge in [0.05, 0.1) is 52.6 Å². The third-order valence-electron chi connectivity index (χ3n) is 4.95. The second-order valence-corrected chi connectivity index (χ2v) is 7.48. The second-order valence-electron chi connectivity index (χ2n) is 7.48. The van der Waals surface area contributed by atoms with Gasteiger partial charge < -0.3 is 53.6 Å². The molecule has 0 saturated heterocycles. The summed E-state index contributed by atoms with van der Waals surface area (Å²) in [6.07, 6.45) is 0.614. The van der Waals surface area contributed by atoms with Crippen molar-refractivity contribution in [3.05, 3.63) is 35.4 Å². The first kappa shape index (κ1) is 34.5. The minimum atomic E-state index is -1.68. The van der Waals surface area contributed by atoms with E-state index in [9.17, 15) is 10.0 Å². The topological polar surface area (TPSA) is 157 Å². The van der Waals surface area contributed by atoms with Crippen molar-refractivity contribution in [1.82, 2.24) is 0 Å². The summed E-state index contributed by atoms with van der Waals surface area (Å²) in [5.74, 6) is 1.22. The molecule has 5 N–H and O–H groups in total. The van der Waals surface area contributed by atoms with Crippen LogP contribution in [0, 0.1) is 0 Å². The zero-order chi connectivity index (χ0) is 27.3. The van der Waals surface area contributed by atoms with E-state index in [1.807, 2.05) is 13.8 Å². The van der Waals surface area contributed by atoms with Crippen LogP contribution in [0.4, 0.5) is 0 Å². The van der Waals surface area contributed by atoms with Crippen molar-refractivity contribution in [1.29, 1.82) is 0 Å². The molecule has 0 bridgehead atoms. The molecule has 0 radical (unpaired) electrons. The third-order valence-corrected chi connectivity index (χ3v) is 4.95. The molecule has 1 unspecified atom stereocenters. The molecule has 2 rings (SSSR count). The van der Waals surface area contributed by atoms with E-state index in [2.05, 4.69) is 0 Å². The maximum Gasteiger partial charge on any atom is 0.496 e. The normalized spacial score (nSPS) is 10.9. The van der Waals surface area contributed by atoms with E-state index >= 15 is 0 Å². The van der Waals surface area contributed by atoms with Gasteiger partial charge in [0.1, 0.15) is 23.0 Å². The predicted octanol–water partition coefficient (Wildman–Crippen LogP) is 0.185. The van der Waals surface area contributed by atoms with Crippen LogP contribution >= 0.6 is 0 Å². The zero-order valence-electron chi connectivity index (χ0n) is 21.6. The van der Waals surface area contributed by atoms with Gasteiger partial charge in [-0.2, -0.15) is 0 Å². The standard InChI is InChI=1S/C14H23BO6.C9H13BO5.CH4/c1-5-6-20-10(2)21-9-11-7-12(18-3)14(15(16)17)13(8-11)19-4;1-14-7-3-6(5-11)4-8(15-2)9(7)10(12)13;/h7-8,10,16-17H,5-6,9H2,1-4H3;3-4,11-13H,5H2,1-2H3;1H4. The number of aliphatic hydroxyl groups is 1. The van der Waals surface area contributed by atoms with E-state index in [1.54, 1.807) is 12.1 Å². The van der Waals surface area contributed by atoms with Crippen LogP contribution in [-0.4, -0.2) is 80.8 Å². The predicted molar refractivity (Wildman–Crippen MR) is 142 cm³/mol. The van der Waals surface area contributed by atoms with E-state index in [0.717, 1.165) is 12.0 Å². The van der Waals surface area contributed by atoms with Gasteiger partial charge in [-0.25, -0.2) is 0 Å². The molecular formula is C24H40B2O11. The molecule has 208 valence electrons. The van der Waals surface area contributed by atoms with Crippen molar-refractivity contribution in [2.45, 2.75) is 47.2 Å². The van der Waals surface area contributed by atoms with Gasteiger partial charge in [-0.1, -0.05) is 14.4 Å². The molecule has 0 heterocycles. The fourth-order valence-electron chi connectivity index (χ4n) is 3.22. The summed E-state index contributed by atoms with van der Waals surface area (Å²) < 4.78 is 31.3. The number of benzene rings is 2. The monoisotopic (exact) mass is 526 g/mol. The molecule has 2 aromatic rings. The molecule has 0 aliphatic heterocycles. The third kappa shape index (κ3) is 10.4. The number of rotatable bonds is 13. The number of ether oxygens (including phenoxy) is 6. The maximum absolute atomic E-state index is 9.40. The van der Waals surface area contributed by atoms with Crippen LogP contribution in [0.5, 0.6) is 23.0 Å². The lowest BCUT2D eigenvalue weighted by atomic mass is 9.78. The van der Waals surface area contributed by atoms with E-state index < -0.39 is 14.2 Å². The average molecular weight is 526 g/mol. The number of aliphatic hydroxyl groups excluding tert-OH is 1. The van der Waals surface area contributed by atoms with Gasteiger partial charge in [0.25, 0.3) is 0 Å². The first-order chi connectivity index (χ1) is 17.2. The van der Waals surface area contributed by atoms with E-state index in [0.29, 0.717) is 30.3 Å². The average Bonchev–Trinajstić information content (AvgIpc) is 2.88. The summed E-state index contributed by atoms with van der Waals surface area (Å²) >= 11 is 0. The van der Waals surface area contributed by atoms with Crippen molar-refractivity contribution < 1.29 is 53.6 Å². The Balaban J connectivity index is 0.000000718. The van der Waals surface area contributed by atoms with Crippen LogP contribution in [0.3, 0.4) is 0 Å². The Hall–Kier alpha value is -2.51. The molecule has 1 atom stereocenters. The highest BCUT2D eigenvalue weighted by atomic mass is 16.7. The quantitative estimate of drug-likeness (QED) is 0.179. The largest absolute Gasteiger partial charge is 0.497 e. The Bertz CT molecular complexity index is 876. The Morgan fingerprint density at radius 1 is 0.703 bits per heavy atom. The summed E-state index contributed by atoms with van der Waals surface area (Å²) in [6, 6.07) is 6.42. The minimum Gasteiger partial charge on any atom is -0.497 e. The van der Waals surface area contributed by atoms with Crippen LogP contribution in [0.25, 0.3) is 0 Å². The highest BCUT2D eigenvalue weighted by Crippen LogP contribution is 2.22. The van der Waals surface area contributed by atoms with E-state index in [1.165, 1.54) is 40.6 Å². The van der Waals surface area contributed by atoms with Crippen LogP contribution in [-0.2, 0) is 22.7 Å². The zero-order valence-corrected chi connectivity index (χ0v) is 21.6. The van der Waals surface area contributed by atoms with E-state index in [-0.39, 0.29) is 42.7 Å². The summed E-state index contributed by atoms with van der Waals surface area (Å²) in [4.78, 5) is 0. The van der Waals surface area contributed by atoms with Crippen molar-refractivity contribution in [2.24, 2.45) is 0 Å². The lowest BCUT2D eigenvalue weighted by Gasteiger charge is -2.17. The van der Waals surface area contributed by atoms with Gasteiger partial charge in [0, 0.05) is 6.61 Å². The van der Waals surface area contributed by atoms with Gasteiger partial charge in [-0.3, -0.25) is 0 Å². The second kappa shape index (κ2) is 17.9. The van der Waals surface area contributed by atoms with Crippen LogP contribution in [0.15, 0.2) is 24.3 Å². The molecule has 2 aromatic carbocycles. The Kier molecular flexibility index (Phi) is 16.6. The maximum atomic E-state index is 9.40. The van der Waals surface area contributed by atoms with Crippen LogP contribution < -0.4 is 29.9 Å². The molecule has 0 aromatic heterocycles.